The summed E-state index contributed by atoms with van der Waals surface area (Å²) in [6.07, 6.45) is 4.00. The molecule has 1 saturated carbocycles. The van der Waals surface area contributed by atoms with Gasteiger partial charge in [-0.25, -0.2) is 4.98 Å². The molecular formula is C16H22N6O2. The third kappa shape index (κ3) is 3.16. The predicted octanol–water partition coefficient (Wildman–Crippen LogP) is 1.81. The van der Waals surface area contributed by atoms with Gasteiger partial charge in [0.15, 0.2) is 0 Å². The summed E-state index contributed by atoms with van der Waals surface area (Å²) in [6.45, 7) is 4.58. The third-order valence-electron chi connectivity index (χ3n) is 4.59. The zero-order chi connectivity index (χ0) is 17.2. The van der Waals surface area contributed by atoms with Crippen LogP contribution in [0.4, 0.5) is 11.8 Å². The van der Waals surface area contributed by atoms with E-state index in [0.29, 0.717) is 36.7 Å². The molecule has 1 aliphatic carbocycles. The Morgan fingerprint density at radius 2 is 2.38 bits per heavy atom. The SMILES string of the molecule is CC1(C)[C@@H](O)C[C@H]1Nc1nc(NCCc2ccon2)ncc1C#N.[HH]. The molecule has 2 aromatic heterocycles. The quantitative estimate of drug-likeness (QED) is 0.733. The molecule has 1 fully saturated rings. The highest BCUT2D eigenvalue weighted by molar-refractivity contribution is 5.54. The van der Waals surface area contributed by atoms with Crippen molar-refractivity contribution in [3.63, 3.8) is 0 Å². The molecule has 2 aromatic rings. The number of aliphatic hydroxyl groups excluding tert-OH is 1. The zero-order valence-corrected chi connectivity index (χ0v) is 13.7. The fourth-order valence-corrected chi connectivity index (χ4v) is 2.64. The summed E-state index contributed by atoms with van der Waals surface area (Å²) in [5.74, 6) is 0.930. The first-order valence-corrected chi connectivity index (χ1v) is 7.85. The minimum absolute atomic E-state index is 0. The maximum atomic E-state index is 9.85. The Kier molecular flexibility index (Phi) is 4.36. The van der Waals surface area contributed by atoms with Gasteiger partial charge in [0, 0.05) is 31.9 Å². The summed E-state index contributed by atoms with van der Waals surface area (Å²) in [4.78, 5) is 8.55. The molecule has 0 spiro atoms. The van der Waals surface area contributed by atoms with E-state index in [-0.39, 0.29) is 19.0 Å². The lowest BCUT2D eigenvalue weighted by atomic mass is 9.64. The van der Waals surface area contributed by atoms with Gasteiger partial charge in [-0.05, 0) is 6.42 Å². The molecule has 0 aliphatic heterocycles. The third-order valence-corrected chi connectivity index (χ3v) is 4.59. The van der Waals surface area contributed by atoms with Gasteiger partial charge in [0.2, 0.25) is 5.95 Å². The van der Waals surface area contributed by atoms with Crippen molar-refractivity contribution in [1.82, 2.24) is 15.1 Å². The van der Waals surface area contributed by atoms with E-state index >= 15 is 0 Å². The highest BCUT2D eigenvalue weighted by Crippen LogP contribution is 2.42. The van der Waals surface area contributed by atoms with Gasteiger partial charge < -0.3 is 20.3 Å². The minimum Gasteiger partial charge on any atom is -0.392 e. The molecule has 0 bridgehead atoms. The van der Waals surface area contributed by atoms with Crippen LogP contribution in [0.2, 0.25) is 0 Å². The second kappa shape index (κ2) is 6.45. The fraction of sp³-hybridized carbons (Fsp3) is 0.500. The Hall–Kier alpha value is -2.66. The Bertz CT molecular complexity index is 744. The molecule has 8 heteroatoms. The van der Waals surface area contributed by atoms with Crippen molar-refractivity contribution in [3.05, 3.63) is 29.8 Å². The van der Waals surface area contributed by atoms with E-state index in [0.717, 1.165) is 5.69 Å². The fourth-order valence-electron chi connectivity index (χ4n) is 2.64. The molecule has 0 saturated heterocycles. The molecule has 128 valence electrons. The van der Waals surface area contributed by atoms with Crippen LogP contribution in [0, 0.1) is 16.7 Å². The van der Waals surface area contributed by atoms with Crippen molar-refractivity contribution in [2.75, 3.05) is 17.2 Å². The number of rotatable bonds is 6. The Morgan fingerprint density at radius 1 is 1.54 bits per heavy atom. The Morgan fingerprint density at radius 3 is 3.00 bits per heavy atom. The number of nitriles is 1. The largest absolute Gasteiger partial charge is 0.392 e. The molecule has 2 atom stereocenters. The minimum atomic E-state index is -0.345. The van der Waals surface area contributed by atoms with Crippen molar-refractivity contribution in [2.45, 2.75) is 38.8 Å². The lowest BCUT2D eigenvalue weighted by Gasteiger charge is -2.49. The number of hydrogen-bond donors (Lipinski definition) is 3. The van der Waals surface area contributed by atoms with Crippen LogP contribution in [-0.4, -0.2) is 38.9 Å². The van der Waals surface area contributed by atoms with Gasteiger partial charge in [0.1, 0.15) is 23.7 Å². The molecular weight excluding hydrogens is 308 g/mol. The van der Waals surface area contributed by atoms with Gasteiger partial charge in [0.05, 0.1) is 18.0 Å². The monoisotopic (exact) mass is 330 g/mol. The van der Waals surface area contributed by atoms with E-state index in [1.807, 2.05) is 13.8 Å². The van der Waals surface area contributed by atoms with Crippen molar-refractivity contribution >= 4 is 11.8 Å². The zero-order valence-electron chi connectivity index (χ0n) is 13.7. The predicted molar refractivity (Wildman–Crippen MR) is 89.4 cm³/mol. The normalized spacial score (nSPS) is 21.6. The first-order valence-electron chi connectivity index (χ1n) is 7.85. The first kappa shape index (κ1) is 16.2. The molecule has 1 aliphatic rings. The first-order chi connectivity index (χ1) is 11.5. The summed E-state index contributed by atoms with van der Waals surface area (Å²) >= 11 is 0. The number of hydrogen-bond acceptors (Lipinski definition) is 8. The van der Waals surface area contributed by atoms with Crippen molar-refractivity contribution in [2.24, 2.45) is 5.41 Å². The molecule has 0 amide bonds. The number of anilines is 2. The summed E-state index contributed by atoms with van der Waals surface area (Å²) < 4.78 is 4.78. The van der Waals surface area contributed by atoms with E-state index in [2.05, 4.69) is 31.8 Å². The highest BCUT2D eigenvalue weighted by Gasteiger charge is 2.47. The van der Waals surface area contributed by atoms with Crippen molar-refractivity contribution in [3.8, 4) is 6.07 Å². The molecule has 2 heterocycles. The second-order valence-electron chi connectivity index (χ2n) is 6.51. The molecule has 0 unspecified atom stereocenters. The number of nitrogens with zero attached hydrogens (tertiary/aromatic N) is 4. The van der Waals surface area contributed by atoms with Gasteiger partial charge in [-0.1, -0.05) is 19.0 Å². The Labute approximate surface area is 141 Å². The summed E-state index contributed by atoms with van der Waals surface area (Å²) in [5.41, 5.74) is 0.979. The summed E-state index contributed by atoms with van der Waals surface area (Å²) in [6, 6.07) is 3.96. The average molecular weight is 330 g/mol. The van der Waals surface area contributed by atoms with Crippen LogP contribution < -0.4 is 10.6 Å². The average Bonchev–Trinajstić information content (AvgIpc) is 3.08. The molecule has 0 radical (unpaired) electrons. The van der Waals surface area contributed by atoms with E-state index in [1.54, 1.807) is 6.07 Å². The van der Waals surface area contributed by atoms with E-state index in [1.165, 1.54) is 12.5 Å². The number of aliphatic hydroxyl groups is 1. The van der Waals surface area contributed by atoms with Gasteiger partial charge in [-0.3, -0.25) is 0 Å². The van der Waals surface area contributed by atoms with E-state index in [9.17, 15) is 10.4 Å². The van der Waals surface area contributed by atoms with Crippen LogP contribution in [0.3, 0.4) is 0 Å². The Balaban J connectivity index is 0.00000225. The molecule has 3 N–H and O–H groups in total. The summed E-state index contributed by atoms with van der Waals surface area (Å²) in [7, 11) is 0. The molecule has 24 heavy (non-hydrogen) atoms. The number of nitrogens with one attached hydrogen (secondary N) is 2. The van der Waals surface area contributed by atoms with Gasteiger partial charge in [-0.2, -0.15) is 10.2 Å². The topological polar surface area (TPSA) is 120 Å². The van der Waals surface area contributed by atoms with Crippen LogP contribution in [0.1, 0.15) is 33.0 Å². The van der Waals surface area contributed by atoms with Crippen LogP contribution in [-0.2, 0) is 6.42 Å². The van der Waals surface area contributed by atoms with Gasteiger partial charge in [0.25, 0.3) is 0 Å². The molecule has 3 rings (SSSR count). The van der Waals surface area contributed by atoms with Crippen LogP contribution >= 0.6 is 0 Å². The highest BCUT2D eigenvalue weighted by atomic mass is 16.5. The van der Waals surface area contributed by atoms with Gasteiger partial charge in [-0.15, -0.1) is 0 Å². The lowest BCUT2D eigenvalue weighted by Crippen LogP contribution is -2.57. The second-order valence-corrected chi connectivity index (χ2v) is 6.51. The van der Waals surface area contributed by atoms with Crippen molar-refractivity contribution in [1.29, 1.82) is 5.26 Å². The van der Waals surface area contributed by atoms with Crippen molar-refractivity contribution < 1.29 is 11.1 Å². The molecule has 8 nitrogen and oxygen atoms in total. The van der Waals surface area contributed by atoms with Crippen LogP contribution in [0.5, 0.6) is 0 Å². The van der Waals surface area contributed by atoms with E-state index < -0.39 is 0 Å². The maximum absolute atomic E-state index is 9.85. The van der Waals surface area contributed by atoms with Crippen LogP contribution in [0.25, 0.3) is 0 Å². The smallest absolute Gasteiger partial charge is 0.224 e. The van der Waals surface area contributed by atoms with Gasteiger partial charge >= 0.3 is 0 Å². The lowest BCUT2D eigenvalue weighted by molar-refractivity contribution is -0.0511. The number of aromatic nitrogens is 3. The molecule has 0 aromatic carbocycles. The van der Waals surface area contributed by atoms with E-state index in [4.69, 9.17) is 4.52 Å². The maximum Gasteiger partial charge on any atom is 0.224 e. The standard InChI is InChI=1S/C16H20N6O2.H2/c1-16(2)12(7-13(16)23)20-14-10(8-17)9-19-15(21-14)18-5-3-11-4-6-24-22-11;/h4,6,9,12-13,23H,3,5,7H2,1-2H3,(H2,18,19,20,21);1H/t12-,13+;/m1./s1. The summed E-state index contributed by atoms with van der Waals surface area (Å²) in [5, 5.41) is 29.3. The van der Waals surface area contributed by atoms with Crippen LogP contribution in [0.15, 0.2) is 23.0 Å².